The average Bonchev–Trinajstić information content (AvgIpc) is 3.65. The Morgan fingerprint density at radius 2 is 1.87 bits per heavy atom. The number of anilines is 1. The number of likely N-dealkylation sites (tertiary alicyclic amines) is 1. The number of furan rings is 1. The van der Waals surface area contributed by atoms with Crippen LogP contribution in [0.5, 0.6) is 11.5 Å². The van der Waals surface area contributed by atoms with Gasteiger partial charge in [0.25, 0.3) is 5.91 Å². The highest BCUT2D eigenvalue weighted by Crippen LogP contribution is 2.47. The van der Waals surface area contributed by atoms with E-state index in [1.54, 1.807) is 10.8 Å². The number of rotatable bonds is 8. The number of morpholine rings is 1. The molecule has 8 rings (SSSR count). The van der Waals surface area contributed by atoms with E-state index in [9.17, 15) is 9.59 Å². The second-order valence-corrected chi connectivity index (χ2v) is 12.4. The highest BCUT2D eigenvalue weighted by atomic mass is 19.1. The SMILES string of the molecule is CN1CCCC1CCNC(=O)c1cn2c3c(c(NCCN4CCOCC4)c(F)cc3c1=O)Oc1cc3c(cc1-2)oc1ccccc13. The van der Waals surface area contributed by atoms with Crippen molar-refractivity contribution in [1.29, 1.82) is 0 Å². The van der Waals surface area contributed by atoms with Crippen LogP contribution >= 0.6 is 0 Å². The number of nitrogens with zero attached hydrogens (tertiary/aromatic N) is 3. The van der Waals surface area contributed by atoms with E-state index in [-0.39, 0.29) is 22.4 Å². The van der Waals surface area contributed by atoms with Crippen molar-refractivity contribution < 1.29 is 23.1 Å². The lowest BCUT2D eigenvalue weighted by Crippen LogP contribution is -2.39. The lowest BCUT2D eigenvalue weighted by atomic mass is 10.0. The Morgan fingerprint density at radius 1 is 1.02 bits per heavy atom. The molecule has 1 amide bonds. The Bertz CT molecular complexity index is 2050. The summed E-state index contributed by atoms with van der Waals surface area (Å²) < 4.78 is 35.8. The predicted octanol–water partition coefficient (Wildman–Crippen LogP) is 5.09. The van der Waals surface area contributed by atoms with Gasteiger partial charge in [-0.25, -0.2) is 4.39 Å². The molecule has 0 radical (unpaired) electrons. The second-order valence-electron chi connectivity index (χ2n) is 12.4. The standard InChI is InChI=1S/C35H36FN5O5/c1-39-11-4-5-21(39)8-9-38-35(43)25-20-41-27-19-29-23(22-6-2-3-7-28(22)45-29)18-30(27)46-34-31(26(36)17-24(32(34)41)33(25)42)37-10-12-40-13-15-44-16-14-40/h2-3,6-7,17-21,37H,4-5,8-16H2,1H3,(H,38,43). The summed E-state index contributed by atoms with van der Waals surface area (Å²) in [6, 6.07) is 13.1. The van der Waals surface area contributed by atoms with Crippen LogP contribution in [0.3, 0.4) is 0 Å². The van der Waals surface area contributed by atoms with E-state index in [0.29, 0.717) is 61.4 Å². The zero-order chi connectivity index (χ0) is 31.4. The first-order chi connectivity index (χ1) is 22.5. The number of nitrogens with one attached hydrogen (secondary N) is 2. The van der Waals surface area contributed by atoms with Crippen molar-refractivity contribution in [2.45, 2.75) is 25.3 Å². The number of para-hydroxylation sites is 1. The van der Waals surface area contributed by atoms with Crippen LogP contribution in [-0.2, 0) is 4.74 Å². The molecule has 1 atom stereocenters. The molecule has 238 valence electrons. The number of pyridine rings is 1. The molecule has 3 aromatic carbocycles. The molecule has 2 N–H and O–H groups in total. The molecule has 2 fully saturated rings. The summed E-state index contributed by atoms with van der Waals surface area (Å²) in [4.78, 5) is 31.9. The molecule has 10 nitrogen and oxygen atoms in total. The summed E-state index contributed by atoms with van der Waals surface area (Å²) in [5, 5.41) is 8.04. The maximum absolute atomic E-state index is 16.0. The van der Waals surface area contributed by atoms with Crippen LogP contribution in [0.2, 0.25) is 0 Å². The van der Waals surface area contributed by atoms with E-state index in [4.69, 9.17) is 13.9 Å². The van der Waals surface area contributed by atoms with Crippen molar-refractivity contribution in [2.75, 3.05) is 64.8 Å². The molecule has 2 saturated heterocycles. The number of hydrogen-bond donors (Lipinski definition) is 2. The quantitative estimate of drug-likeness (QED) is 0.241. The van der Waals surface area contributed by atoms with Gasteiger partial charge in [0.05, 0.1) is 24.3 Å². The van der Waals surface area contributed by atoms with Crippen LogP contribution in [0.15, 0.2) is 57.9 Å². The van der Waals surface area contributed by atoms with Crippen LogP contribution in [0.1, 0.15) is 29.6 Å². The number of ether oxygens (including phenoxy) is 2. The lowest BCUT2D eigenvalue weighted by Gasteiger charge is -2.28. The molecule has 0 aliphatic carbocycles. The number of amides is 1. The van der Waals surface area contributed by atoms with Crippen molar-refractivity contribution >= 4 is 44.4 Å². The fraction of sp³-hybridized carbons (Fsp3) is 0.371. The molecule has 3 aliphatic heterocycles. The Labute approximate surface area is 264 Å². The van der Waals surface area contributed by atoms with E-state index in [1.165, 1.54) is 6.07 Å². The van der Waals surface area contributed by atoms with Gasteiger partial charge < -0.3 is 34.0 Å². The van der Waals surface area contributed by atoms with E-state index in [1.807, 2.05) is 36.4 Å². The predicted molar refractivity (Wildman–Crippen MR) is 175 cm³/mol. The van der Waals surface area contributed by atoms with Crippen molar-refractivity contribution in [3.8, 4) is 17.2 Å². The van der Waals surface area contributed by atoms with Gasteiger partial charge in [-0.15, -0.1) is 0 Å². The molecule has 0 spiro atoms. The first-order valence-electron chi connectivity index (χ1n) is 16.0. The van der Waals surface area contributed by atoms with Gasteiger partial charge in [0.1, 0.15) is 27.9 Å². The monoisotopic (exact) mass is 625 g/mol. The molecule has 5 aromatic rings. The van der Waals surface area contributed by atoms with Crippen molar-refractivity contribution in [2.24, 2.45) is 0 Å². The van der Waals surface area contributed by atoms with Gasteiger partial charge in [-0.3, -0.25) is 14.5 Å². The third-order valence-corrected chi connectivity index (χ3v) is 9.64. The molecule has 0 bridgehead atoms. The maximum atomic E-state index is 16.0. The molecule has 3 aliphatic rings. The van der Waals surface area contributed by atoms with E-state index >= 15 is 4.39 Å². The minimum atomic E-state index is -0.617. The smallest absolute Gasteiger partial charge is 0.256 e. The van der Waals surface area contributed by atoms with Crippen molar-refractivity contribution in [3.63, 3.8) is 0 Å². The number of hydrogen-bond acceptors (Lipinski definition) is 8. The minimum absolute atomic E-state index is 0.0526. The number of carbonyl (C=O) groups excluding carboxylic acids is 1. The van der Waals surface area contributed by atoms with Crippen LogP contribution in [0, 0.1) is 5.82 Å². The maximum Gasteiger partial charge on any atom is 0.256 e. The topological polar surface area (TPSA) is 101 Å². The fourth-order valence-corrected chi connectivity index (χ4v) is 7.12. The van der Waals surface area contributed by atoms with Crippen molar-refractivity contribution in [1.82, 2.24) is 19.7 Å². The van der Waals surface area contributed by atoms with Gasteiger partial charge in [-0.2, -0.15) is 0 Å². The van der Waals surface area contributed by atoms with E-state index < -0.39 is 17.2 Å². The molecular weight excluding hydrogens is 589 g/mol. The molecule has 1 unspecified atom stereocenters. The Morgan fingerprint density at radius 3 is 2.70 bits per heavy atom. The van der Waals surface area contributed by atoms with Gasteiger partial charge in [-0.05, 0) is 51.1 Å². The summed E-state index contributed by atoms with van der Waals surface area (Å²) in [7, 11) is 2.09. The summed E-state index contributed by atoms with van der Waals surface area (Å²) in [6.45, 7) is 5.63. The number of aromatic nitrogens is 1. The highest BCUT2D eigenvalue weighted by molar-refractivity contribution is 6.07. The third kappa shape index (κ3) is 4.99. The van der Waals surface area contributed by atoms with Crippen LogP contribution in [0.4, 0.5) is 10.1 Å². The Balaban J connectivity index is 1.22. The van der Waals surface area contributed by atoms with Gasteiger partial charge in [0.15, 0.2) is 17.3 Å². The number of benzene rings is 3. The van der Waals surface area contributed by atoms with E-state index in [2.05, 4.69) is 27.5 Å². The number of halogens is 1. The zero-order valence-corrected chi connectivity index (χ0v) is 25.7. The molecule has 11 heteroatoms. The Hall–Kier alpha value is -4.45. The molecule has 46 heavy (non-hydrogen) atoms. The normalized spacial score (nSPS) is 18.3. The second kappa shape index (κ2) is 11.7. The highest BCUT2D eigenvalue weighted by Gasteiger charge is 2.30. The Kier molecular flexibility index (Phi) is 7.39. The summed E-state index contributed by atoms with van der Waals surface area (Å²) in [5.74, 6) is -0.420. The molecular formula is C35H36FN5O5. The number of fused-ring (bicyclic) bond motifs is 5. The van der Waals surface area contributed by atoms with Gasteiger partial charge in [-0.1, -0.05) is 18.2 Å². The zero-order valence-electron chi connectivity index (χ0n) is 25.7. The van der Waals surface area contributed by atoms with Gasteiger partial charge in [0, 0.05) is 61.8 Å². The van der Waals surface area contributed by atoms with Crippen LogP contribution in [0.25, 0.3) is 38.5 Å². The average molecular weight is 626 g/mol. The van der Waals surface area contributed by atoms with Gasteiger partial charge in [0.2, 0.25) is 5.43 Å². The molecule has 0 saturated carbocycles. The molecule has 2 aromatic heterocycles. The minimum Gasteiger partial charge on any atom is -0.456 e. The van der Waals surface area contributed by atoms with Gasteiger partial charge >= 0.3 is 0 Å². The van der Waals surface area contributed by atoms with Crippen molar-refractivity contribution in [3.05, 3.63) is 70.3 Å². The molecule has 5 heterocycles. The lowest BCUT2D eigenvalue weighted by molar-refractivity contribution is 0.0398. The first kappa shape index (κ1) is 29.0. The summed E-state index contributed by atoms with van der Waals surface area (Å²) >= 11 is 0. The third-order valence-electron chi connectivity index (χ3n) is 9.64. The first-order valence-corrected chi connectivity index (χ1v) is 16.0. The van der Waals surface area contributed by atoms with E-state index in [0.717, 1.165) is 55.3 Å². The number of carbonyl (C=O) groups is 1. The summed E-state index contributed by atoms with van der Waals surface area (Å²) in [5.41, 5.74) is 1.93. The van der Waals surface area contributed by atoms with Crippen LogP contribution < -0.4 is 20.8 Å². The van der Waals surface area contributed by atoms with Crippen LogP contribution in [-0.4, -0.2) is 85.8 Å². The fourth-order valence-electron chi connectivity index (χ4n) is 7.12. The summed E-state index contributed by atoms with van der Waals surface area (Å²) in [6.07, 6.45) is 4.58. The largest absolute Gasteiger partial charge is 0.456 e.